The number of hydrogen-bond acceptors (Lipinski definition) is 2. The molecule has 0 amide bonds. The van der Waals surface area contributed by atoms with E-state index in [0.717, 1.165) is 0 Å². The van der Waals surface area contributed by atoms with Crippen molar-refractivity contribution in [2.24, 2.45) is 0 Å². The summed E-state index contributed by atoms with van der Waals surface area (Å²) in [5.41, 5.74) is 0. The molecule has 0 aromatic rings. The van der Waals surface area contributed by atoms with Gasteiger partial charge < -0.3 is 4.74 Å². The van der Waals surface area contributed by atoms with Crippen LogP contribution in [0.5, 0.6) is 0 Å². The third-order valence-corrected chi connectivity index (χ3v) is 1.39. The molecule has 0 unspecified atom stereocenters. The second-order valence-electron chi connectivity index (χ2n) is 2.51. The minimum absolute atomic E-state index is 0.00882. The van der Waals surface area contributed by atoms with Crippen molar-refractivity contribution in [3.05, 3.63) is 0 Å². The minimum Gasteiger partial charge on any atom is -0.466 e. The first kappa shape index (κ1) is 11.9. The lowest BCUT2D eigenvalue weighted by Gasteiger charge is -2.07. The Bertz CT molecular complexity index is 206. The number of alkyl halides is 2. The lowest BCUT2D eigenvalue weighted by Crippen LogP contribution is -2.13. The molecule has 4 heteroatoms. The van der Waals surface area contributed by atoms with Crippen LogP contribution in [-0.2, 0) is 9.53 Å². The van der Waals surface area contributed by atoms with Crippen molar-refractivity contribution in [1.29, 1.82) is 0 Å². The molecule has 0 bridgehead atoms. The number of rotatable bonds is 5. The summed E-state index contributed by atoms with van der Waals surface area (Å²) < 4.78 is 29.4. The van der Waals surface area contributed by atoms with Gasteiger partial charge in [-0.15, -0.1) is 6.42 Å². The van der Waals surface area contributed by atoms with Crippen LogP contribution in [-0.4, -0.2) is 18.5 Å². The zero-order valence-electron chi connectivity index (χ0n) is 7.48. The fourth-order valence-corrected chi connectivity index (χ4v) is 0.760. The molecular formula is C9H12F2O2. The van der Waals surface area contributed by atoms with Crippen LogP contribution >= 0.6 is 0 Å². The van der Waals surface area contributed by atoms with E-state index < -0.39 is 18.3 Å². The lowest BCUT2D eigenvalue weighted by molar-refractivity contribution is -0.143. The average molecular weight is 190 g/mol. The molecule has 0 atom stereocenters. The van der Waals surface area contributed by atoms with E-state index in [0.29, 0.717) is 0 Å². The fraction of sp³-hybridized carbons (Fsp3) is 0.667. The zero-order valence-corrected chi connectivity index (χ0v) is 7.48. The SMILES string of the molecule is C#CC(F)(F)CCCC(=O)OCC. The Morgan fingerprint density at radius 1 is 1.62 bits per heavy atom. The van der Waals surface area contributed by atoms with Crippen LogP contribution in [0.1, 0.15) is 26.2 Å². The van der Waals surface area contributed by atoms with Crippen molar-refractivity contribution in [3.63, 3.8) is 0 Å². The quantitative estimate of drug-likeness (QED) is 0.489. The largest absolute Gasteiger partial charge is 0.466 e. The van der Waals surface area contributed by atoms with Gasteiger partial charge in [0.15, 0.2) is 0 Å². The maximum absolute atomic E-state index is 12.4. The van der Waals surface area contributed by atoms with E-state index in [1.165, 1.54) is 5.92 Å². The summed E-state index contributed by atoms with van der Waals surface area (Å²) in [5.74, 6) is -2.21. The van der Waals surface area contributed by atoms with Crippen LogP contribution in [0.25, 0.3) is 0 Å². The minimum atomic E-state index is -3.10. The van der Waals surface area contributed by atoms with E-state index in [2.05, 4.69) is 11.2 Å². The molecule has 0 spiro atoms. The summed E-state index contributed by atoms with van der Waals surface area (Å²) in [6.07, 6.45) is 4.14. The Balaban J connectivity index is 3.57. The van der Waals surface area contributed by atoms with Gasteiger partial charge in [0.25, 0.3) is 0 Å². The molecule has 0 heterocycles. The Kier molecular flexibility index (Phi) is 5.05. The van der Waals surface area contributed by atoms with Crippen molar-refractivity contribution in [2.45, 2.75) is 32.1 Å². The smallest absolute Gasteiger partial charge is 0.307 e. The van der Waals surface area contributed by atoms with Crippen LogP contribution in [0.15, 0.2) is 0 Å². The molecule has 0 saturated carbocycles. The highest BCUT2D eigenvalue weighted by molar-refractivity contribution is 5.69. The first-order valence-electron chi connectivity index (χ1n) is 4.03. The molecule has 0 saturated heterocycles. The molecule has 2 nitrogen and oxygen atoms in total. The number of terminal acetylenes is 1. The molecule has 0 N–H and O–H groups in total. The van der Waals surface area contributed by atoms with E-state index in [9.17, 15) is 13.6 Å². The number of carbonyl (C=O) groups excluding carboxylic acids is 1. The first-order chi connectivity index (χ1) is 6.02. The van der Waals surface area contributed by atoms with E-state index in [1.807, 2.05) is 0 Å². The standard InChI is InChI=1S/C9H12F2O2/c1-3-9(10,11)7-5-6-8(12)13-4-2/h1H,4-7H2,2H3. The average Bonchev–Trinajstić information content (AvgIpc) is 2.05. The summed E-state index contributed by atoms with van der Waals surface area (Å²) >= 11 is 0. The van der Waals surface area contributed by atoms with Gasteiger partial charge in [0.05, 0.1) is 6.61 Å². The predicted octanol–water partition coefficient (Wildman–Crippen LogP) is 1.99. The van der Waals surface area contributed by atoms with E-state index >= 15 is 0 Å². The van der Waals surface area contributed by atoms with Gasteiger partial charge in [-0.25, -0.2) is 0 Å². The van der Waals surface area contributed by atoms with E-state index in [1.54, 1.807) is 6.92 Å². The highest BCUT2D eigenvalue weighted by Gasteiger charge is 2.24. The molecule has 0 aromatic heterocycles. The monoisotopic (exact) mass is 190 g/mol. The van der Waals surface area contributed by atoms with Gasteiger partial charge in [0.2, 0.25) is 0 Å². The van der Waals surface area contributed by atoms with Crippen LogP contribution in [0, 0.1) is 12.3 Å². The van der Waals surface area contributed by atoms with Gasteiger partial charge in [-0.2, -0.15) is 8.78 Å². The number of ether oxygens (including phenoxy) is 1. The molecular weight excluding hydrogens is 178 g/mol. The Hall–Kier alpha value is -1.11. The maximum Gasteiger partial charge on any atom is 0.307 e. The third kappa shape index (κ3) is 6.09. The van der Waals surface area contributed by atoms with Gasteiger partial charge in [-0.3, -0.25) is 4.79 Å². The molecule has 0 aliphatic heterocycles. The van der Waals surface area contributed by atoms with E-state index in [4.69, 9.17) is 0 Å². The highest BCUT2D eigenvalue weighted by atomic mass is 19.3. The normalized spacial score (nSPS) is 10.6. The Labute approximate surface area is 76.3 Å². The van der Waals surface area contributed by atoms with Crippen molar-refractivity contribution in [3.8, 4) is 12.3 Å². The molecule has 0 rings (SSSR count). The van der Waals surface area contributed by atoms with Gasteiger partial charge >= 0.3 is 11.9 Å². The van der Waals surface area contributed by atoms with Crippen LogP contribution < -0.4 is 0 Å². The van der Waals surface area contributed by atoms with Gasteiger partial charge in [0, 0.05) is 12.8 Å². The molecule has 0 aliphatic carbocycles. The topological polar surface area (TPSA) is 26.3 Å². The third-order valence-electron chi connectivity index (χ3n) is 1.39. The van der Waals surface area contributed by atoms with Crippen molar-refractivity contribution < 1.29 is 18.3 Å². The number of halogens is 2. The van der Waals surface area contributed by atoms with Gasteiger partial charge in [-0.05, 0) is 19.3 Å². The highest BCUT2D eigenvalue weighted by Crippen LogP contribution is 2.19. The fourth-order valence-electron chi connectivity index (χ4n) is 0.760. The maximum atomic E-state index is 12.4. The summed E-state index contributed by atoms with van der Waals surface area (Å²) in [6.45, 7) is 1.93. The van der Waals surface area contributed by atoms with Gasteiger partial charge in [-0.1, -0.05) is 0 Å². The summed E-state index contributed by atoms with van der Waals surface area (Å²) in [5, 5.41) is 0. The van der Waals surface area contributed by atoms with Crippen LogP contribution in [0.4, 0.5) is 8.78 Å². The van der Waals surface area contributed by atoms with Gasteiger partial charge in [0.1, 0.15) is 0 Å². The lowest BCUT2D eigenvalue weighted by atomic mass is 10.1. The molecule has 13 heavy (non-hydrogen) atoms. The van der Waals surface area contributed by atoms with E-state index in [-0.39, 0.29) is 19.4 Å². The second kappa shape index (κ2) is 5.52. The second-order valence-corrected chi connectivity index (χ2v) is 2.51. The van der Waals surface area contributed by atoms with Crippen molar-refractivity contribution >= 4 is 5.97 Å². The summed E-state index contributed by atoms with van der Waals surface area (Å²) in [6, 6.07) is 0. The summed E-state index contributed by atoms with van der Waals surface area (Å²) in [7, 11) is 0. The van der Waals surface area contributed by atoms with Crippen LogP contribution in [0.2, 0.25) is 0 Å². The predicted molar refractivity (Wildman–Crippen MR) is 44.3 cm³/mol. The number of esters is 1. The molecule has 0 aliphatic rings. The van der Waals surface area contributed by atoms with Crippen LogP contribution in [0.3, 0.4) is 0 Å². The number of carbonyl (C=O) groups is 1. The number of hydrogen-bond donors (Lipinski definition) is 0. The molecule has 0 fully saturated rings. The van der Waals surface area contributed by atoms with Crippen molar-refractivity contribution in [2.75, 3.05) is 6.61 Å². The molecule has 74 valence electrons. The molecule has 0 radical (unpaired) electrons. The Morgan fingerprint density at radius 2 is 2.23 bits per heavy atom. The first-order valence-corrected chi connectivity index (χ1v) is 4.03. The zero-order chi connectivity index (χ0) is 10.3. The Morgan fingerprint density at radius 3 is 2.69 bits per heavy atom. The summed E-state index contributed by atoms with van der Waals surface area (Å²) in [4.78, 5) is 10.7. The van der Waals surface area contributed by atoms with Crippen molar-refractivity contribution in [1.82, 2.24) is 0 Å². The molecule has 0 aromatic carbocycles.